The van der Waals surface area contributed by atoms with E-state index in [-0.39, 0.29) is 82.3 Å². The fourth-order valence-electron chi connectivity index (χ4n) is 5.36. The van der Waals surface area contributed by atoms with Crippen LogP contribution in [0, 0.1) is 11.8 Å². The number of carbonyl (C=O) groups is 4. The third kappa shape index (κ3) is 13.5. The summed E-state index contributed by atoms with van der Waals surface area (Å²) >= 11 is 0. The first-order valence-electron chi connectivity index (χ1n) is 16.5. The molecule has 0 radical (unpaired) electrons. The van der Waals surface area contributed by atoms with E-state index in [9.17, 15) is 39.6 Å². The second-order valence-corrected chi connectivity index (χ2v) is 12.3. The van der Waals surface area contributed by atoms with E-state index < -0.39 is 61.0 Å². The van der Waals surface area contributed by atoms with Gasteiger partial charge in [-0.25, -0.2) is 0 Å². The lowest BCUT2D eigenvalue weighted by Gasteiger charge is -2.39. The van der Waals surface area contributed by atoms with Gasteiger partial charge in [-0.3, -0.25) is 19.2 Å². The SMILES string of the molecule is CNC(=O)CCCCC(=O)N(CCC(=O)NCCO[C@@H]1O[C@@H](C)[C@@H](O)[C@@H](C)[C@@H]1O)CCC(=O)NCCO[C@@H]1O[C@@H](C)[C@@H](O)[C@@H](C)[C@@H]1O. The number of aliphatic hydroxyl groups excluding tert-OH is 4. The molecule has 7 N–H and O–H groups in total. The maximum absolute atomic E-state index is 13.0. The van der Waals surface area contributed by atoms with Crippen molar-refractivity contribution in [3.05, 3.63) is 0 Å². The van der Waals surface area contributed by atoms with Gasteiger partial charge >= 0.3 is 0 Å². The fourth-order valence-corrected chi connectivity index (χ4v) is 5.36. The number of ether oxygens (including phenoxy) is 4. The van der Waals surface area contributed by atoms with Crippen molar-refractivity contribution in [2.75, 3.05) is 46.4 Å². The first-order valence-corrected chi connectivity index (χ1v) is 16.5. The monoisotopic (exact) mass is 676 g/mol. The van der Waals surface area contributed by atoms with Crippen molar-refractivity contribution in [2.24, 2.45) is 11.8 Å². The molecule has 4 amide bonds. The number of hydrogen-bond acceptors (Lipinski definition) is 12. The molecule has 0 aromatic rings. The zero-order valence-corrected chi connectivity index (χ0v) is 28.3. The van der Waals surface area contributed by atoms with Crippen LogP contribution in [0.5, 0.6) is 0 Å². The highest BCUT2D eigenvalue weighted by Crippen LogP contribution is 2.27. The quantitative estimate of drug-likeness (QED) is 0.0766. The van der Waals surface area contributed by atoms with Crippen molar-refractivity contribution in [1.29, 1.82) is 0 Å². The minimum Gasteiger partial charge on any atom is -0.390 e. The molecule has 16 nitrogen and oxygen atoms in total. The largest absolute Gasteiger partial charge is 0.390 e. The standard InChI is InChI=1S/C31H56N4O12/c1-18-26(40)20(3)46-30(28(18)42)44-16-12-33-23(37)10-14-35(25(39)9-7-6-8-22(36)32-5)15-11-24(38)34-13-17-45-31-29(43)19(2)27(41)21(4)47-31/h18-21,26-31,40-43H,6-17H2,1-5H3,(H,32,36)(H,33,37)(H,34,38)/t18-,19-,20+,21+,26+,27+,28+,29+,30-,31-/m1/s1. The lowest BCUT2D eigenvalue weighted by atomic mass is 9.91. The smallest absolute Gasteiger partial charge is 0.222 e. The number of nitrogens with one attached hydrogen (secondary N) is 3. The van der Waals surface area contributed by atoms with Crippen LogP contribution in [-0.2, 0) is 38.1 Å². The van der Waals surface area contributed by atoms with Gasteiger partial charge in [0.25, 0.3) is 0 Å². The molecule has 2 aliphatic heterocycles. The molecule has 2 aliphatic rings. The Balaban J connectivity index is 1.77. The van der Waals surface area contributed by atoms with E-state index in [0.29, 0.717) is 19.3 Å². The minimum absolute atomic E-state index is 0.0164. The summed E-state index contributed by atoms with van der Waals surface area (Å²) in [6.45, 7) is 7.32. The molecule has 10 atom stereocenters. The number of hydrogen-bond donors (Lipinski definition) is 7. The number of aliphatic hydroxyl groups is 4. The Morgan fingerprint density at radius 2 is 1.06 bits per heavy atom. The number of amides is 4. The Labute approximate surface area is 276 Å². The second-order valence-electron chi connectivity index (χ2n) is 12.3. The van der Waals surface area contributed by atoms with Crippen LogP contribution < -0.4 is 16.0 Å². The normalized spacial score (nSPS) is 30.7. The molecule has 2 saturated heterocycles. The first-order chi connectivity index (χ1) is 22.3. The van der Waals surface area contributed by atoms with E-state index >= 15 is 0 Å². The summed E-state index contributed by atoms with van der Waals surface area (Å²) < 4.78 is 22.1. The lowest BCUT2D eigenvalue weighted by molar-refractivity contribution is -0.278. The van der Waals surface area contributed by atoms with Crippen molar-refractivity contribution in [3.63, 3.8) is 0 Å². The molecule has 2 fully saturated rings. The van der Waals surface area contributed by atoms with Gasteiger partial charge in [-0.15, -0.1) is 0 Å². The van der Waals surface area contributed by atoms with Crippen LogP contribution in [0.3, 0.4) is 0 Å². The number of rotatable bonds is 19. The molecule has 2 rings (SSSR count). The van der Waals surface area contributed by atoms with Gasteiger partial charge in [0.2, 0.25) is 23.6 Å². The number of nitrogens with zero attached hydrogens (tertiary/aromatic N) is 1. The molecular formula is C31H56N4O12. The van der Waals surface area contributed by atoms with Crippen molar-refractivity contribution >= 4 is 23.6 Å². The Kier molecular flexibility index (Phi) is 18.0. The van der Waals surface area contributed by atoms with Gasteiger partial charge in [0.1, 0.15) is 12.2 Å². The third-order valence-corrected chi connectivity index (χ3v) is 8.68. The number of carbonyl (C=O) groups excluding carboxylic acids is 4. The van der Waals surface area contributed by atoms with E-state index in [0.717, 1.165) is 0 Å². The van der Waals surface area contributed by atoms with E-state index in [1.54, 1.807) is 34.7 Å². The topological polar surface area (TPSA) is 225 Å². The Hall–Kier alpha value is -2.44. The summed E-state index contributed by atoms with van der Waals surface area (Å²) in [5.41, 5.74) is 0. The zero-order valence-electron chi connectivity index (χ0n) is 28.3. The molecule has 0 spiro atoms. The van der Waals surface area contributed by atoms with Gasteiger partial charge < -0.3 is 60.2 Å². The summed E-state index contributed by atoms with van der Waals surface area (Å²) in [4.78, 5) is 51.0. The molecule has 0 bridgehead atoms. The predicted molar refractivity (Wildman–Crippen MR) is 167 cm³/mol. The Bertz CT molecular complexity index is 932. The fraction of sp³-hybridized carbons (Fsp3) is 0.871. The van der Waals surface area contributed by atoms with Gasteiger partial charge in [0.15, 0.2) is 12.6 Å². The molecule has 16 heteroatoms. The Morgan fingerprint density at radius 3 is 1.49 bits per heavy atom. The second kappa shape index (κ2) is 20.8. The minimum atomic E-state index is -1.01. The maximum atomic E-state index is 13.0. The molecule has 272 valence electrons. The van der Waals surface area contributed by atoms with E-state index in [1.807, 2.05) is 0 Å². The molecule has 0 aromatic carbocycles. The molecular weight excluding hydrogens is 620 g/mol. The summed E-state index contributed by atoms with van der Waals surface area (Å²) in [5.74, 6) is -1.90. The van der Waals surface area contributed by atoms with Gasteiger partial charge in [-0.2, -0.15) is 0 Å². The molecule has 0 saturated carbocycles. The molecule has 0 unspecified atom stereocenters. The third-order valence-electron chi connectivity index (χ3n) is 8.68. The van der Waals surface area contributed by atoms with Crippen LogP contribution in [0.1, 0.15) is 66.2 Å². The summed E-state index contributed by atoms with van der Waals surface area (Å²) in [7, 11) is 1.54. The van der Waals surface area contributed by atoms with Gasteiger partial charge in [0.05, 0.1) is 37.6 Å². The Morgan fingerprint density at radius 1 is 0.638 bits per heavy atom. The highest BCUT2D eigenvalue weighted by atomic mass is 16.7. The predicted octanol–water partition coefficient (Wildman–Crippen LogP) is -1.63. The van der Waals surface area contributed by atoms with Crippen LogP contribution >= 0.6 is 0 Å². The van der Waals surface area contributed by atoms with E-state index in [2.05, 4.69) is 16.0 Å². The van der Waals surface area contributed by atoms with Gasteiger partial charge in [-0.05, 0) is 26.7 Å². The average molecular weight is 677 g/mol. The molecule has 2 heterocycles. The lowest BCUT2D eigenvalue weighted by Crippen LogP contribution is -2.53. The van der Waals surface area contributed by atoms with Crippen molar-refractivity contribution in [1.82, 2.24) is 20.9 Å². The van der Waals surface area contributed by atoms with Crippen LogP contribution in [-0.4, -0.2) is 145 Å². The molecule has 47 heavy (non-hydrogen) atoms. The maximum Gasteiger partial charge on any atom is 0.222 e. The highest BCUT2D eigenvalue weighted by Gasteiger charge is 2.41. The number of unbranched alkanes of at least 4 members (excludes halogenated alkanes) is 1. The van der Waals surface area contributed by atoms with E-state index in [4.69, 9.17) is 18.9 Å². The molecule has 0 aliphatic carbocycles. The van der Waals surface area contributed by atoms with Crippen LogP contribution in [0.15, 0.2) is 0 Å². The molecule has 0 aromatic heterocycles. The van der Waals surface area contributed by atoms with Gasteiger partial charge in [0, 0.05) is 70.7 Å². The zero-order chi connectivity index (χ0) is 35.1. The van der Waals surface area contributed by atoms with Gasteiger partial charge in [-0.1, -0.05) is 13.8 Å². The van der Waals surface area contributed by atoms with Crippen LogP contribution in [0.25, 0.3) is 0 Å². The summed E-state index contributed by atoms with van der Waals surface area (Å²) in [6, 6.07) is 0. The highest BCUT2D eigenvalue weighted by molar-refractivity contribution is 5.80. The average Bonchev–Trinajstić information content (AvgIpc) is 3.05. The van der Waals surface area contributed by atoms with E-state index in [1.165, 1.54) is 4.90 Å². The summed E-state index contributed by atoms with van der Waals surface area (Å²) in [6.07, 6.45) is -5.12. The summed E-state index contributed by atoms with van der Waals surface area (Å²) in [5, 5.41) is 48.5. The van der Waals surface area contributed by atoms with Crippen molar-refractivity contribution in [3.8, 4) is 0 Å². The first kappa shape index (κ1) is 40.7. The van der Waals surface area contributed by atoms with Crippen LogP contribution in [0.4, 0.5) is 0 Å². The van der Waals surface area contributed by atoms with Crippen molar-refractivity contribution < 1.29 is 58.6 Å². The van der Waals surface area contributed by atoms with Crippen LogP contribution in [0.2, 0.25) is 0 Å². The van der Waals surface area contributed by atoms with Crippen molar-refractivity contribution in [2.45, 2.75) is 115 Å².